The highest BCUT2D eigenvalue weighted by molar-refractivity contribution is 14.1. The van der Waals surface area contributed by atoms with E-state index in [4.69, 9.17) is 4.74 Å². The maximum absolute atomic E-state index is 12.3. The predicted molar refractivity (Wildman–Crippen MR) is 137 cm³/mol. The number of nitrogens with zero attached hydrogens (tertiary/aromatic N) is 3. The molecule has 1 aliphatic heterocycles. The number of amides is 1. The summed E-state index contributed by atoms with van der Waals surface area (Å²) in [6.07, 6.45) is 6.92. The Morgan fingerprint density at radius 2 is 2.21 bits per heavy atom. The molecule has 1 aromatic heterocycles. The van der Waals surface area contributed by atoms with Crippen molar-refractivity contribution in [2.24, 2.45) is 22.2 Å². The van der Waals surface area contributed by atoms with Gasteiger partial charge in [0, 0.05) is 52.5 Å². The Morgan fingerprint density at radius 3 is 2.97 bits per heavy atom. The monoisotopic (exact) mass is 555 g/mol. The first-order valence-electron chi connectivity index (χ1n) is 11.2. The number of rotatable bonds is 5. The van der Waals surface area contributed by atoms with Crippen molar-refractivity contribution in [1.29, 1.82) is 0 Å². The molecule has 2 heterocycles. The lowest BCUT2D eigenvalue weighted by Gasteiger charge is -2.35. The number of hydrogen-bond donors (Lipinski definition) is 1. The van der Waals surface area contributed by atoms with Gasteiger partial charge >= 0.3 is 6.09 Å². The molecule has 0 saturated heterocycles. The quantitative estimate of drug-likeness (QED) is 0.362. The van der Waals surface area contributed by atoms with Gasteiger partial charge < -0.3 is 9.84 Å². The van der Waals surface area contributed by atoms with E-state index in [1.807, 2.05) is 6.07 Å². The number of aliphatic imine (C=N–C) groups is 1. The zero-order valence-corrected chi connectivity index (χ0v) is 20.8. The summed E-state index contributed by atoms with van der Waals surface area (Å²) < 4.78 is 8.31. The van der Waals surface area contributed by atoms with Crippen LogP contribution < -0.4 is 9.64 Å². The molecule has 3 aliphatic rings. The summed E-state index contributed by atoms with van der Waals surface area (Å²) in [5.74, 6) is 4.54. The molecule has 33 heavy (non-hydrogen) atoms. The van der Waals surface area contributed by atoms with Crippen molar-refractivity contribution in [3.63, 3.8) is 0 Å². The smallest absolute Gasteiger partial charge is 0.412 e. The normalized spacial score (nSPS) is 28.8. The van der Waals surface area contributed by atoms with Crippen LogP contribution in [0.25, 0.3) is 0 Å². The number of pyridine rings is 1. The third kappa shape index (κ3) is 4.10. The fourth-order valence-corrected chi connectivity index (χ4v) is 6.31. The van der Waals surface area contributed by atoms with Crippen LogP contribution in [-0.4, -0.2) is 35.5 Å². The topological polar surface area (TPSA) is 75.0 Å². The van der Waals surface area contributed by atoms with E-state index in [0.29, 0.717) is 23.4 Å². The lowest BCUT2D eigenvalue weighted by molar-refractivity contribution is 0.186. The average Bonchev–Trinajstić information content (AvgIpc) is 3.34. The van der Waals surface area contributed by atoms with Gasteiger partial charge in [-0.25, -0.2) is 9.78 Å². The van der Waals surface area contributed by atoms with Crippen LogP contribution in [0.5, 0.6) is 5.88 Å². The predicted octanol–water partition coefficient (Wildman–Crippen LogP) is 6.01. The van der Waals surface area contributed by atoms with E-state index < -0.39 is 6.09 Å². The fraction of sp³-hybridized carbons (Fsp3) is 0.423. The number of aromatic nitrogens is 1. The van der Waals surface area contributed by atoms with Crippen molar-refractivity contribution in [1.82, 2.24) is 4.98 Å². The minimum Gasteiger partial charge on any atom is -0.480 e. The minimum atomic E-state index is -0.942. The van der Waals surface area contributed by atoms with Crippen LogP contribution in [0.1, 0.15) is 49.7 Å². The van der Waals surface area contributed by atoms with E-state index in [-0.39, 0.29) is 17.4 Å². The Balaban J connectivity index is 1.34. The number of anilines is 1. The highest BCUT2D eigenvalue weighted by Crippen LogP contribution is 2.61. The molecule has 1 aromatic carbocycles. The molecule has 5 atom stereocenters. The minimum absolute atomic E-state index is 0.0162. The fourth-order valence-electron chi connectivity index (χ4n) is 6.00. The Bertz CT molecular complexity index is 1190. The van der Waals surface area contributed by atoms with Crippen LogP contribution in [0, 0.1) is 27.1 Å². The number of hydrogen-bond acceptors (Lipinski definition) is 4. The van der Waals surface area contributed by atoms with E-state index in [0.717, 1.165) is 36.9 Å². The van der Waals surface area contributed by atoms with E-state index in [1.54, 1.807) is 18.3 Å². The van der Waals surface area contributed by atoms with Gasteiger partial charge in [-0.2, -0.15) is 0 Å². The molecule has 1 N–H and O–H groups in total. The third-order valence-electron chi connectivity index (χ3n) is 7.53. The van der Waals surface area contributed by atoms with Crippen LogP contribution in [0.15, 0.2) is 41.5 Å². The number of benzene rings is 1. The van der Waals surface area contributed by atoms with Crippen molar-refractivity contribution >= 4 is 46.3 Å². The van der Waals surface area contributed by atoms with Crippen molar-refractivity contribution < 1.29 is 14.6 Å². The van der Waals surface area contributed by atoms with E-state index >= 15 is 0 Å². The van der Waals surface area contributed by atoms with Gasteiger partial charge in [0.1, 0.15) is 5.69 Å². The standard InChI is InChI=1S/C26H26IN3O3/c1-26(13-17-15-29-21-6-5-16(8-10-27)12-19(17)21)9-7-18-20(14-26)23(18)30(25(31)32)22-4-3-11-28-24(22)33-2/h3-6,11-12,15,17-18,20,23H,7,9,13-14H2,1-2H3,(H,31,32). The van der Waals surface area contributed by atoms with E-state index in [1.165, 1.54) is 17.6 Å². The molecule has 170 valence electrons. The summed E-state index contributed by atoms with van der Waals surface area (Å²) in [7, 11) is 1.53. The lowest BCUT2D eigenvalue weighted by Crippen LogP contribution is -2.34. The van der Waals surface area contributed by atoms with Crippen LogP contribution in [0.3, 0.4) is 0 Å². The molecular weight excluding hydrogens is 529 g/mol. The summed E-state index contributed by atoms with van der Waals surface area (Å²) in [5, 5.41) is 10.1. The zero-order valence-electron chi connectivity index (χ0n) is 18.7. The molecule has 2 saturated carbocycles. The summed E-state index contributed by atoms with van der Waals surface area (Å²) in [4.78, 5) is 22.6. The summed E-state index contributed by atoms with van der Waals surface area (Å²) >= 11 is 2.07. The Hall–Kier alpha value is -2.60. The first-order valence-corrected chi connectivity index (χ1v) is 12.3. The van der Waals surface area contributed by atoms with Gasteiger partial charge in [0.2, 0.25) is 5.88 Å². The first kappa shape index (κ1) is 22.2. The lowest BCUT2D eigenvalue weighted by atomic mass is 9.70. The highest BCUT2D eigenvalue weighted by Gasteiger charge is 2.60. The SMILES string of the molecule is COc1ncccc1N(C(=O)O)C1C2CCC(C)(CC3C=Nc4ccc(C#CI)cc43)CC21. The van der Waals surface area contributed by atoms with Crippen LogP contribution in [0.4, 0.5) is 16.2 Å². The Labute approximate surface area is 207 Å². The van der Waals surface area contributed by atoms with Gasteiger partial charge in [-0.15, -0.1) is 0 Å². The van der Waals surface area contributed by atoms with Crippen molar-refractivity contribution in [2.75, 3.05) is 12.0 Å². The van der Waals surface area contributed by atoms with Crippen molar-refractivity contribution in [3.8, 4) is 15.7 Å². The third-order valence-corrected chi connectivity index (χ3v) is 7.80. The summed E-state index contributed by atoms with van der Waals surface area (Å²) in [6.45, 7) is 2.36. The molecule has 2 aromatic rings. The van der Waals surface area contributed by atoms with Gasteiger partial charge in [0.15, 0.2) is 0 Å². The molecule has 6 nitrogen and oxygen atoms in total. The van der Waals surface area contributed by atoms with Gasteiger partial charge in [-0.05, 0) is 82.8 Å². The Morgan fingerprint density at radius 1 is 1.36 bits per heavy atom. The molecule has 2 fully saturated rings. The van der Waals surface area contributed by atoms with Crippen molar-refractivity contribution in [3.05, 3.63) is 47.7 Å². The second kappa shape index (κ2) is 8.64. The molecule has 7 heteroatoms. The number of carboxylic acid groups (broad SMARTS) is 1. The summed E-state index contributed by atoms with van der Waals surface area (Å²) in [6, 6.07) is 9.79. The van der Waals surface area contributed by atoms with E-state index in [9.17, 15) is 9.90 Å². The molecule has 1 amide bonds. The van der Waals surface area contributed by atoms with Gasteiger partial charge in [0.05, 0.1) is 12.8 Å². The molecular formula is C26H26IN3O3. The number of fused-ring (bicyclic) bond motifs is 2. The molecule has 0 bridgehead atoms. The number of carbonyl (C=O) groups is 1. The van der Waals surface area contributed by atoms with Crippen LogP contribution in [-0.2, 0) is 0 Å². The second-order valence-corrected chi connectivity index (χ2v) is 10.2. The number of halogens is 1. The van der Waals surface area contributed by atoms with Crippen molar-refractivity contribution in [2.45, 2.75) is 44.6 Å². The van der Waals surface area contributed by atoms with Crippen LogP contribution >= 0.6 is 22.6 Å². The highest BCUT2D eigenvalue weighted by atomic mass is 127. The zero-order chi connectivity index (χ0) is 23.2. The van der Waals surface area contributed by atoms with Gasteiger partial charge in [-0.1, -0.05) is 12.8 Å². The molecule has 5 unspecified atom stereocenters. The van der Waals surface area contributed by atoms with Gasteiger partial charge in [0.25, 0.3) is 0 Å². The molecule has 0 radical (unpaired) electrons. The number of ether oxygens (including phenoxy) is 1. The van der Waals surface area contributed by atoms with Gasteiger partial charge in [-0.3, -0.25) is 9.89 Å². The van der Waals surface area contributed by atoms with Crippen LogP contribution in [0.2, 0.25) is 0 Å². The number of methoxy groups -OCH3 is 1. The van der Waals surface area contributed by atoms with E-state index in [2.05, 4.69) is 67.7 Å². The maximum Gasteiger partial charge on any atom is 0.412 e. The average molecular weight is 555 g/mol. The summed E-state index contributed by atoms with van der Waals surface area (Å²) in [5.41, 5.74) is 4.00. The Kier molecular flexibility index (Phi) is 5.81. The molecule has 0 spiro atoms. The second-order valence-electron chi connectivity index (χ2n) is 9.64. The maximum atomic E-state index is 12.3. The molecule has 5 rings (SSSR count). The first-order chi connectivity index (χ1) is 15.9. The largest absolute Gasteiger partial charge is 0.480 e. The molecule has 2 aliphatic carbocycles.